The fourth-order valence-corrected chi connectivity index (χ4v) is 2.55. The van der Waals surface area contributed by atoms with Crippen LogP contribution in [0.15, 0.2) is 18.2 Å². The molecular weight excluding hydrogens is 209 g/mol. The molecule has 2 aliphatic rings. The van der Waals surface area contributed by atoms with Crippen LogP contribution in [0.1, 0.15) is 23.6 Å². The first-order valence-electron chi connectivity index (χ1n) is 5.27. The maximum Gasteiger partial charge on any atom is 0.231 e. The van der Waals surface area contributed by atoms with Crippen LogP contribution < -0.4 is 0 Å². The summed E-state index contributed by atoms with van der Waals surface area (Å²) in [4.78, 5) is 24.8. The second-order valence-electron chi connectivity index (χ2n) is 4.23. The number of benzene rings is 1. The number of carbonyl (C=O) groups excluding carboxylic acids is 2. The third-order valence-corrected chi connectivity index (χ3v) is 3.29. The number of nitrogens with zero attached hydrogens (tertiary/aromatic N) is 1. The summed E-state index contributed by atoms with van der Waals surface area (Å²) in [6.07, 6.45) is 0.658. The van der Waals surface area contributed by atoms with Crippen molar-refractivity contribution >= 4 is 11.7 Å². The quantitative estimate of drug-likeness (QED) is 0.615. The molecule has 1 aromatic rings. The molecule has 2 aliphatic heterocycles. The molecule has 0 saturated carbocycles. The molecule has 1 unspecified atom stereocenters. The lowest BCUT2D eigenvalue weighted by atomic mass is 9.92. The molecule has 4 heteroatoms. The van der Waals surface area contributed by atoms with Crippen LogP contribution in [0.2, 0.25) is 0 Å². The fourth-order valence-electron chi connectivity index (χ4n) is 2.55. The summed E-state index contributed by atoms with van der Waals surface area (Å²) in [6.45, 7) is 0.563. The highest BCUT2D eigenvalue weighted by atomic mass is 19.1. The molecule has 16 heavy (non-hydrogen) atoms. The van der Waals surface area contributed by atoms with Crippen molar-refractivity contribution in [1.29, 1.82) is 0 Å². The standard InChI is InChI=1S/C12H10FNO2/c13-8-2-1-7-3-4-14-11(16)6-10(15)12(14)9(7)5-8/h1-2,5,12H,3-4,6H2. The van der Waals surface area contributed by atoms with Gasteiger partial charge in [0.1, 0.15) is 11.9 Å². The predicted molar refractivity (Wildman–Crippen MR) is 54.2 cm³/mol. The van der Waals surface area contributed by atoms with Gasteiger partial charge < -0.3 is 4.90 Å². The van der Waals surface area contributed by atoms with Gasteiger partial charge in [0, 0.05) is 6.54 Å². The van der Waals surface area contributed by atoms with Gasteiger partial charge in [0.25, 0.3) is 0 Å². The van der Waals surface area contributed by atoms with E-state index in [4.69, 9.17) is 0 Å². The highest BCUT2D eigenvalue weighted by Crippen LogP contribution is 2.36. The Balaban J connectivity index is 2.14. The SMILES string of the molecule is O=C1CC(=O)N2CCc3ccc(F)cc3C12. The summed E-state index contributed by atoms with van der Waals surface area (Å²) < 4.78 is 13.2. The van der Waals surface area contributed by atoms with E-state index in [9.17, 15) is 14.0 Å². The second-order valence-corrected chi connectivity index (χ2v) is 4.23. The number of carbonyl (C=O) groups is 2. The van der Waals surface area contributed by atoms with Crippen LogP contribution in [0.4, 0.5) is 4.39 Å². The van der Waals surface area contributed by atoms with Gasteiger partial charge in [-0.3, -0.25) is 9.59 Å². The Morgan fingerprint density at radius 2 is 2.12 bits per heavy atom. The van der Waals surface area contributed by atoms with Crippen molar-refractivity contribution < 1.29 is 14.0 Å². The molecule has 0 radical (unpaired) electrons. The molecule has 3 nitrogen and oxygen atoms in total. The third kappa shape index (κ3) is 1.19. The van der Waals surface area contributed by atoms with Gasteiger partial charge >= 0.3 is 0 Å². The minimum absolute atomic E-state index is 0.0411. The Morgan fingerprint density at radius 3 is 2.94 bits per heavy atom. The number of hydrogen-bond donors (Lipinski definition) is 0. The summed E-state index contributed by atoms with van der Waals surface area (Å²) in [5.74, 6) is -0.603. The van der Waals surface area contributed by atoms with Crippen LogP contribution >= 0.6 is 0 Å². The monoisotopic (exact) mass is 219 g/mol. The van der Waals surface area contributed by atoms with Gasteiger partial charge in [0.05, 0.1) is 6.42 Å². The number of fused-ring (bicyclic) bond motifs is 3. The molecule has 0 bridgehead atoms. The van der Waals surface area contributed by atoms with E-state index in [1.807, 2.05) is 0 Å². The Labute approximate surface area is 91.9 Å². The summed E-state index contributed by atoms with van der Waals surface area (Å²) in [5, 5.41) is 0. The Kier molecular flexibility index (Phi) is 1.87. The molecule has 0 aliphatic carbocycles. The summed E-state index contributed by atoms with van der Waals surface area (Å²) in [5.41, 5.74) is 1.65. The van der Waals surface area contributed by atoms with Crippen molar-refractivity contribution in [2.24, 2.45) is 0 Å². The average molecular weight is 219 g/mol. The third-order valence-electron chi connectivity index (χ3n) is 3.29. The van der Waals surface area contributed by atoms with E-state index >= 15 is 0 Å². The van der Waals surface area contributed by atoms with E-state index in [1.165, 1.54) is 12.1 Å². The lowest BCUT2D eigenvalue weighted by molar-refractivity contribution is -0.129. The molecule has 1 aromatic carbocycles. The van der Waals surface area contributed by atoms with Crippen LogP contribution in [0.25, 0.3) is 0 Å². The van der Waals surface area contributed by atoms with Crippen LogP contribution in [-0.4, -0.2) is 23.1 Å². The van der Waals surface area contributed by atoms with Gasteiger partial charge in [-0.2, -0.15) is 0 Å². The number of Topliss-reactive ketones (excluding diaryl/α,β-unsaturated/α-hetero) is 1. The van der Waals surface area contributed by atoms with Gasteiger partial charge in [-0.1, -0.05) is 6.07 Å². The first kappa shape index (κ1) is 9.51. The topological polar surface area (TPSA) is 37.4 Å². The van der Waals surface area contributed by atoms with Crippen molar-refractivity contribution in [3.63, 3.8) is 0 Å². The maximum absolute atomic E-state index is 13.2. The molecule has 1 amide bonds. The van der Waals surface area contributed by atoms with Gasteiger partial charge in [0.2, 0.25) is 5.91 Å². The lowest BCUT2D eigenvalue weighted by Gasteiger charge is -2.30. The van der Waals surface area contributed by atoms with Crippen molar-refractivity contribution in [3.05, 3.63) is 35.1 Å². The van der Waals surface area contributed by atoms with Gasteiger partial charge in [-0.15, -0.1) is 0 Å². The van der Waals surface area contributed by atoms with E-state index < -0.39 is 6.04 Å². The highest BCUT2D eigenvalue weighted by Gasteiger charge is 2.42. The normalized spacial score (nSPS) is 23.3. The first-order chi connectivity index (χ1) is 7.66. The van der Waals surface area contributed by atoms with Gasteiger partial charge in [-0.25, -0.2) is 4.39 Å². The Bertz CT molecular complexity index is 498. The van der Waals surface area contributed by atoms with Crippen molar-refractivity contribution in [2.45, 2.75) is 18.9 Å². The Hall–Kier alpha value is -1.71. The number of ketones is 1. The summed E-state index contributed by atoms with van der Waals surface area (Å²) in [6, 6.07) is 3.95. The maximum atomic E-state index is 13.2. The first-order valence-corrected chi connectivity index (χ1v) is 5.27. The minimum atomic E-state index is -0.535. The van der Waals surface area contributed by atoms with E-state index in [1.54, 1.807) is 11.0 Å². The van der Waals surface area contributed by atoms with Crippen LogP contribution in [-0.2, 0) is 16.0 Å². The molecule has 1 atom stereocenters. The fraction of sp³-hybridized carbons (Fsp3) is 0.333. The van der Waals surface area contributed by atoms with E-state index in [2.05, 4.69) is 0 Å². The molecule has 1 saturated heterocycles. The van der Waals surface area contributed by atoms with Crippen molar-refractivity contribution in [2.75, 3.05) is 6.54 Å². The largest absolute Gasteiger partial charge is 0.328 e. The van der Waals surface area contributed by atoms with Gasteiger partial charge in [0.15, 0.2) is 5.78 Å². The molecule has 2 heterocycles. The predicted octanol–water partition coefficient (Wildman–Crippen LogP) is 1.22. The van der Waals surface area contributed by atoms with E-state index in [0.717, 1.165) is 5.56 Å². The highest BCUT2D eigenvalue weighted by molar-refractivity contribution is 6.08. The molecule has 1 fully saturated rings. The van der Waals surface area contributed by atoms with Crippen LogP contribution in [0, 0.1) is 5.82 Å². The average Bonchev–Trinajstić information content (AvgIpc) is 2.54. The van der Waals surface area contributed by atoms with E-state index in [0.29, 0.717) is 18.5 Å². The van der Waals surface area contributed by atoms with E-state index in [-0.39, 0.29) is 23.9 Å². The van der Waals surface area contributed by atoms with Gasteiger partial charge in [-0.05, 0) is 29.7 Å². The molecule has 0 aromatic heterocycles. The number of hydrogen-bond acceptors (Lipinski definition) is 2. The minimum Gasteiger partial charge on any atom is -0.328 e. The zero-order chi connectivity index (χ0) is 11.3. The number of halogens is 1. The lowest BCUT2D eigenvalue weighted by Crippen LogP contribution is -2.35. The molecule has 82 valence electrons. The van der Waals surface area contributed by atoms with Crippen LogP contribution in [0.3, 0.4) is 0 Å². The second kappa shape index (κ2) is 3.14. The number of rotatable bonds is 0. The van der Waals surface area contributed by atoms with Crippen LogP contribution in [0.5, 0.6) is 0 Å². The van der Waals surface area contributed by atoms with Crippen molar-refractivity contribution in [1.82, 2.24) is 4.90 Å². The number of amides is 1. The zero-order valence-corrected chi connectivity index (χ0v) is 8.57. The Morgan fingerprint density at radius 1 is 1.31 bits per heavy atom. The zero-order valence-electron chi connectivity index (χ0n) is 8.57. The molecule has 0 spiro atoms. The molecule has 3 rings (SSSR count). The summed E-state index contributed by atoms with van der Waals surface area (Å²) >= 11 is 0. The molecular formula is C12H10FNO2. The summed E-state index contributed by atoms with van der Waals surface area (Å²) in [7, 11) is 0. The smallest absolute Gasteiger partial charge is 0.231 e. The molecule has 0 N–H and O–H groups in total. The van der Waals surface area contributed by atoms with Crippen molar-refractivity contribution in [3.8, 4) is 0 Å².